The Hall–Kier alpha value is -2.18. The molecule has 1 atom stereocenters. The van der Waals surface area contributed by atoms with Crippen LogP contribution in [0.15, 0.2) is 53.4 Å². The van der Waals surface area contributed by atoms with Crippen molar-refractivity contribution in [1.29, 1.82) is 0 Å². The molecule has 0 bridgehead atoms. The van der Waals surface area contributed by atoms with Gasteiger partial charge in [-0.3, -0.25) is 4.79 Å². The summed E-state index contributed by atoms with van der Waals surface area (Å²) in [6, 6.07) is 14.5. The molecule has 6 heteroatoms. The summed E-state index contributed by atoms with van der Waals surface area (Å²) < 4.78 is 27.2. The van der Waals surface area contributed by atoms with Crippen molar-refractivity contribution < 1.29 is 13.2 Å². The van der Waals surface area contributed by atoms with Crippen molar-refractivity contribution in [3.8, 4) is 0 Å². The van der Waals surface area contributed by atoms with Crippen LogP contribution in [0.5, 0.6) is 0 Å². The molecule has 5 nitrogen and oxygen atoms in total. The van der Waals surface area contributed by atoms with Crippen molar-refractivity contribution in [1.82, 2.24) is 10.0 Å². The van der Waals surface area contributed by atoms with Gasteiger partial charge >= 0.3 is 0 Å². The highest BCUT2D eigenvalue weighted by Crippen LogP contribution is 2.41. The highest BCUT2D eigenvalue weighted by atomic mass is 32.2. The van der Waals surface area contributed by atoms with E-state index >= 15 is 0 Å². The van der Waals surface area contributed by atoms with E-state index in [1.54, 1.807) is 12.1 Å². The number of carbonyl (C=O) groups excluding carboxylic acids is 1. The van der Waals surface area contributed by atoms with Gasteiger partial charge in [-0.25, -0.2) is 13.1 Å². The number of amides is 1. The van der Waals surface area contributed by atoms with Gasteiger partial charge in [0.1, 0.15) is 0 Å². The summed E-state index contributed by atoms with van der Waals surface area (Å²) in [5.41, 5.74) is 3.01. The molecular weight excluding hydrogens is 372 g/mol. The fourth-order valence-electron chi connectivity index (χ4n) is 3.88. The largest absolute Gasteiger partial charge is 0.345 e. The average molecular weight is 399 g/mol. The van der Waals surface area contributed by atoms with Crippen LogP contribution in [0.25, 0.3) is 0 Å². The van der Waals surface area contributed by atoms with Crippen molar-refractivity contribution in [2.45, 2.75) is 61.9 Å². The lowest BCUT2D eigenvalue weighted by molar-refractivity contribution is 0.0929. The fourth-order valence-corrected chi connectivity index (χ4v) is 5.18. The SMILES string of the molecule is CC1(C)CC[C@@H](NC(=O)c2ccc(S(=O)(=O)NC3CC3)cc2)c2ccccc21. The van der Waals surface area contributed by atoms with Gasteiger partial charge in [-0.2, -0.15) is 0 Å². The third-order valence-electron chi connectivity index (χ3n) is 5.75. The summed E-state index contributed by atoms with van der Waals surface area (Å²) in [5.74, 6) is -0.182. The molecule has 28 heavy (non-hydrogen) atoms. The summed E-state index contributed by atoms with van der Waals surface area (Å²) in [5, 5.41) is 3.13. The van der Waals surface area contributed by atoms with Crippen molar-refractivity contribution in [3.05, 3.63) is 65.2 Å². The lowest BCUT2D eigenvalue weighted by atomic mass is 9.71. The van der Waals surface area contributed by atoms with Crippen LogP contribution in [0.3, 0.4) is 0 Å². The van der Waals surface area contributed by atoms with E-state index < -0.39 is 10.0 Å². The molecule has 148 valence electrons. The highest BCUT2D eigenvalue weighted by Gasteiger charge is 2.33. The van der Waals surface area contributed by atoms with Gasteiger partial charge in [-0.05, 0) is 66.5 Å². The molecule has 0 radical (unpaired) electrons. The number of nitrogens with one attached hydrogen (secondary N) is 2. The van der Waals surface area contributed by atoms with Crippen LogP contribution in [-0.4, -0.2) is 20.4 Å². The van der Waals surface area contributed by atoms with Crippen molar-refractivity contribution in [3.63, 3.8) is 0 Å². The number of carbonyl (C=O) groups is 1. The predicted octanol–water partition coefficient (Wildman–Crippen LogP) is 3.67. The number of benzene rings is 2. The summed E-state index contributed by atoms with van der Waals surface area (Å²) in [7, 11) is -3.50. The molecular formula is C22H26N2O3S. The Morgan fingerprint density at radius 2 is 1.68 bits per heavy atom. The van der Waals surface area contributed by atoms with Crippen molar-refractivity contribution in [2.24, 2.45) is 0 Å². The number of rotatable bonds is 5. The third-order valence-corrected chi connectivity index (χ3v) is 7.29. The zero-order valence-electron chi connectivity index (χ0n) is 16.2. The van der Waals surface area contributed by atoms with Gasteiger partial charge in [-0.15, -0.1) is 0 Å². The Bertz CT molecular complexity index is 993. The van der Waals surface area contributed by atoms with E-state index in [0.717, 1.165) is 25.7 Å². The second-order valence-corrected chi connectivity index (χ2v) is 10.2. The summed E-state index contributed by atoms with van der Waals surface area (Å²) in [6.07, 6.45) is 3.66. The molecule has 2 aromatic carbocycles. The first-order valence-corrected chi connectivity index (χ1v) is 11.3. The fraction of sp³-hybridized carbons (Fsp3) is 0.409. The van der Waals surface area contributed by atoms with Gasteiger partial charge in [-0.1, -0.05) is 38.1 Å². The molecule has 0 aliphatic heterocycles. The summed E-state index contributed by atoms with van der Waals surface area (Å²) in [6.45, 7) is 4.47. The molecule has 4 rings (SSSR count). The maximum absolute atomic E-state index is 12.8. The molecule has 2 aromatic rings. The van der Waals surface area contributed by atoms with E-state index in [9.17, 15) is 13.2 Å². The second kappa shape index (κ2) is 7.01. The summed E-state index contributed by atoms with van der Waals surface area (Å²) >= 11 is 0. The van der Waals surface area contributed by atoms with Gasteiger partial charge in [0.2, 0.25) is 10.0 Å². The van der Waals surface area contributed by atoms with E-state index in [1.165, 1.54) is 23.3 Å². The van der Waals surface area contributed by atoms with Gasteiger partial charge in [0.25, 0.3) is 5.91 Å². The lowest BCUT2D eigenvalue weighted by Crippen LogP contribution is -2.35. The van der Waals surface area contributed by atoms with Crippen molar-refractivity contribution in [2.75, 3.05) is 0 Å². The first kappa shape index (κ1) is 19.2. The Labute approximate surface area is 166 Å². The molecule has 0 aromatic heterocycles. The molecule has 1 saturated carbocycles. The monoisotopic (exact) mass is 398 g/mol. The molecule has 0 saturated heterocycles. The standard InChI is InChI=1S/C22H26N2O3S/c1-22(2)14-13-20(18-5-3-4-6-19(18)22)23-21(25)15-7-11-17(12-8-15)28(26,27)24-16-9-10-16/h3-8,11-12,16,20,24H,9-10,13-14H2,1-2H3,(H,23,25)/t20-/m1/s1. The zero-order valence-corrected chi connectivity index (χ0v) is 17.1. The van der Waals surface area contributed by atoms with Crippen LogP contribution in [-0.2, 0) is 15.4 Å². The van der Waals surface area contributed by atoms with Gasteiger partial charge in [0.15, 0.2) is 0 Å². The number of sulfonamides is 1. The quantitative estimate of drug-likeness (QED) is 0.807. The van der Waals surface area contributed by atoms with E-state index in [-0.39, 0.29) is 28.3 Å². The van der Waals surface area contributed by atoms with E-state index in [4.69, 9.17) is 0 Å². The van der Waals surface area contributed by atoms with Gasteiger partial charge in [0.05, 0.1) is 10.9 Å². The molecule has 0 unspecified atom stereocenters. The Balaban J connectivity index is 1.50. The van der Waals surface area contributed by atoms with Crippen LogP contribution in [0.1, 0.15) is 67.1 Å². The predicted molar refractivity (Wildman–Crippen MR) is 109 cm³/mol. The van der Waals surface area contributed by atoms with Crippen molar-refractivity contribution >= 4 is 15.9 Å². The zero-order chi connectivity index (χ0) is 19.9. The lowest BCUT2D eigenvalue weighted by Gasteiger charge is -2.37. The Morgan fingerprint density at radius 3 is 2.36 bits per heavy atom. The number of hydrogen-bond donors (Lipinski definition) is 2. The normalized spacial score (nSPS) is 21.0. The minimum atomic E-state index is -3.50. The molecule has 2 aliphatic carbocycles. The maximum atomic E-state index is 12.8. The van der Waals surface area contributed by atoms with Crippen LogP contribution in [0.2, 0.25) is 0 Å². The molecule has 1 amide bonds. The van der Waals surface area contributed by atoms with Crippen LogP contribution in [0.4, 0.5) is 0 Å². The summed E-state index contributed by atoms with van der Waals surface area (Å²) in [4.78, 5) is 13.0. The number of fused-ring (bicyclic) bond motifs is 1. The maximum Gasteiger partial charge on any atom is 0.251 e. The second-order valence-electron chi connectivity index (χ2n) is 8.46. The van der Waals surface area contributed by atoms with Crippen LogP contribution >= 0.6 is 0 Å². The topological polar surface area (TPSA) is 75.3 Å². The minimum Gasteiger partial charge on any atom is -0.345 e. The van der Waals surface area contributed by atoms with Gasteiger partial charge < -0.3 is 5.32 Å². The minimum absolute atomic E-state index is 0.0309. The molecule has 2 N–H and O–H groups in total. The highest BCUT2D eigenvalue weighted by molar-refractivity contribution is 7.89. The molecule has 0 heterocycles. The van der Waals surface area contributed by atoms with Crippen LogP contribution < -0.4 is 10.0 Å². The molecule has 1 fully saturated rings. The average Bonchev–Trinajstić information content (AvgIpc) is 3.48. The van der Waals surface area contributed by atoms with Crippen LogP contribution in [0, 0.1) is 0 Å². The Kier molecular flexibility index (Phi) is 4.79. The molecule has 2 aliphatic rings. The van der Waals surface area contributed by atoms with E-state index in [1.807, 2.05) is 12.1 Å². The smallest absolute Gasteiger partial charge is 0.251 e. The van der Waals surface area contributed by atoms with E-state index in [0.29, 0.717) is 5.56 Å². The first-order chi connectivity index (χ1) is 13.3. The number of hydrogen-bond acceptors (Lipinski definition) is 3. The van der Waals surface area contributed by atoms with Gasteiger partial charge in [0, 0.05) is 11.6 Å². The molecule has 0 spiro atoms. The first-order valence-electron chi connectivity index (χ1n) is 9.79. The Morgan fingerprint density at radius 1 is 1.00 bits per heavy atom. The third kappa shape index (κ3) is 3.84. The van der Waals surface area contributed by atoms with E-state index in [2.05, 4.69) is 36.0 Å².